The zero-order valence-corrected chi connectivity index (χ0v) is 33.7. The van der Waals surface area contributed by atoms with Gasteiger partial charge >= 0.3 is 11.8 Å². The normalized spacial score (nSPS) is 9.18. The van der Waals surface area contributed by atoms with Crippen molar-refractivity contribution in [3.05, 3.63) is 170 Å². The smallest absolute Gasteiger partial charge is 0.311 e. The van der Waals surface area contributed by atoms with Gasteiger partial charge in [0.15, 0.2) is 0 Å². The van der Waals surface area contributed by atoms with E-state index in [1.807, 2.05) is 122 Å². The minimum absolute atomic E-state index is 0. The molecule has 0 atom stereocenters. The molecule has 4 aromatic heterocycles. The molecule has 10 nitrogen and oxygen atoms in total. The Labute approximate surface area is 351 Å². The monoisotopic (exact) mass is 834 g/mol. The van der Waals surface area contributed by atoms with Gasteiger partial charge in [0.1, 0.15) is 0 Å². The lowest BCUT2D eigenvalue weighted by atomic mass is 10.2. The van der Waals surface area contributed by atoms with E-state index in [4.69, 9.17) is 17.2 Å². The van der Waals surface area contributed by atoms with Crippen LogP contribution >= 0.6 is 49.6 Å². The number of hydrogen-bond acceptors (Lipinski definition) is 8. The third-order valence-corrected chi connectivity index (χ3v) is 7.34. The van der Waals surface area contributed by atoms with Gasteiger partial charge in [-0.1, -0.05) is 97.1 Å². The number of carbonyl (C=O) groups is 2. The number of halogens is 4. The van der Waals surface area contributed by atoms with Crippen LogP contribution in [0.3, 0.4) is 0 Å². The summed E-state index contributed by atoms with van der Waals surface area (Å²) in [5.41, 5.74) is 19.4. The second kappa shape index (κ2) is 28.9. The molecular weight excluding hydrogens is 790 g/mol. The van der Waals surface area contributed by atoms with Crippen LogP contribution in [0, 0.1) is 0 Å². The highest BCUT2D eigenvalue weighted by Crippen LogP contribution is 2.10. The molecule has 294 valence electrons. The Bertz CT molecular complexity index is 1750. The molecule has 0 radical (unpaired) electrons. The number of primary amides is 1. The van der Waals surface area contributed by atoms with Crippen LogP contribution < -0.4 is 17.2 Å². The number of aromatic nitrogens is 4. The standard InChI is InChI=1S/4C9H7N.C6H14N4O2.4ClH/c4*1-2-6-9-8(4-1)5-3-7-10-9;7-1-3-10(4-2-8)6(12)5(9)11;;;;/h4*1-7H;1-4,7-8H2,(H2,9,11);4*1H. The number of amides is 2. The first kappa shape index (κ1) is 50.5. The second-order valence-corrected chi connectivity index (χ2v) is 11.0. The SMILES string of the molecule is Cl.Cl.Cl.Cl.NCCN(CCN)C(=O)C(N)=O.c1ccc2ncccc2c1.c1ccc2ncccc2c1.c1ccc2ncccc2c1.c1ccc2ncccc2c1. The fraction of sp³-hybridized carbons (Fsp3) is 0.0952. The van der Waals surface area contributed by atoms with Crippen LogP contribution in [0.5, 0.6) is 0 Å². The average Bonchev–Trinajstić information content (AvgIpc) is 3.21. The highest BCUT2D eigenvalue weighted by molar-refractivity contribution is 6.34. The summed E-state index contributed by atoms with van der Waals surface area (Å²) in [5.74, 6) is -1.71. The third-order valence-electron chi connectivity index (χ3n) is 7.34. The largest absolute Gasteiger partial charge is 0.361 e. The van der Waals surface area contributed by atoms with E-state index in [2.05, 4.69) is 68.5 Å². The van der Waals surface area contributed by atoms with Crippen molar-refractivity contribution in [2.45, 2.75) is 0 Å². The van der Waals surface area contributed by atoms with Crippen LogP contribution in [0.15, 0.2) is 170 Å². The molecule has 2 amide bonds. The van der Waals surface area contributed by atoms with Gasteiger partial charge < -0.3 is 22.1 Å². The van der Waals surface area contributed by atoms with Crippen LogP contribution in [-0.4, -0.2) is 62.8 Å². The van der Waals surface area contributed by atoms with Crippen molar-refractivity contribution in [1.82, 2.24) is 24.8 Å². The summed E-state index contributed by atoms with van der Waals surface area (Å²) in [6.45, 7) is 1.19. The lowest BCUT2D eigenvalue weighted by Gasteiger charge is -2.18. The first-order valence-corrected chi connectivity index (χ1v) is 16.7. The van der Waals surface area contributed by atoms with Crippen LogP contribution in [0.2, 0.25) is 0 Å². The summed E-state index contributed by atoms with van der Waals surface area (Å²) < 4.78 is 0. The molecule has 6 N–H and O–H groups in total. The van der Waals surface area contributed by atoms with Gasteiger partial charge in [-0.05, 0) is 48.5 Å². The first-order valence-electron chi connectivity index (χ1n) is 16.7. The Morgan fingerprint density at radius 1 is 0.411 bits per heavy atom. The molecule has 4 aromatic carbocycles. The lowest BCUT2D eigenvalue weighted by molar-refractivity contribution is -0.144. The molecule has 0 saturated carbocycles. The van der Waals surface area contributed by atoms with E-state index in [0.29, 0.717) is 26.2 Å². The summed E-state index contributed by atoms with van der Waals surface area (Å²) in [4.78, 5) is 39.4. The van der Waals surface area contributed by atoms with Gasteiger partial charge in [0.25, 0.3) is 0 Å². The molecule has 0 fully saturated rings. The Morgan fingerprint density at radius 3 is 0.857 bits per heavy atom. The van der Waals surface area contributed by atoms with Gasteiger partial charge in [0, 0.05) is 72.5 Å². The van der Waals surface area contributed by atoms with E-state index in [9.17, 15) is 9.59 Å². The summed E-state index contributed by atoms with van der Waals surface area (Å²) in [5, 5.41) is 4.80. The fourth-order valence-electron chi connectivity index (χ4n) is 4.85. The molecule has 0 bridgehead atoms. The van der Waals surface area contributed by atoms with E-state index < -0.39 is 11.8 Å². The van der Waals surface area contributed by atoms with Gasteiger partial charge in [0.2, 0.25) is 0 Å². The topological polar surface area (TPSA) is 167 Å². The van der Waals surface area contributed by atoms with Crippen molar-refractivity contribution in [3.8, 4) is 0 Å². The van der Waals surface area contributed by atoms with Crippen molar-refractivity contribution < 1.29 is 9.59 Å². The van der Waals surface area contributed by atoms with Crippen molar-refractivity contribution >= 4 is 105 Å². The Hall–Kier alpha value is -5.46. The number of benzene rings is 4. The number of fused-ring (bicyclic) bond motifs is 4. The van der Waals surface area contributed by atoms with Crippen LogP contribution in [0.25, 0.3) is 43.6 Å². The van der Waals surface area contributed by atoms with Crippen molar-refractivity contribution in [1.29, 1.82) is 0 Å². The molecule has 8 rings (SSSR count). The van der Waals surface area contributed by atoms with E-state index in [-0.39, 0.29) is 49.6 Å². The zero-order valence-electron chi connectivity index (χ0n) is 30.4. The van der Waals surface area contributed by atoms with Crippen LogP contribution in [-0.2, 0) is 9.59 Å². The van der Waals surface area contributed by atoms with Crippen LogP contribution in [0.4, 0.5) is 0 Å². The van der Waals surface area contributed by atoms with Gasteiger partial charge in [-0.15, -0.1) is 49.6 Å². The zero-order chi connectivity index (χ0) is 36.8. The van der Waals surface area contributed by atoms with E-state index in [1.165, 1.54) is 26.4 Å². The van der Waals surface area contributed by atoms with E-state index in [1.54, 1.807) is 0 Å². The van der Waals surface area contributed by atoms with Crippen molar-refractivity contribution in [2.24, 2.45) is 17.2 Å². The molecule has 8 aromatic rings. The van der Waals surface area contributed by atoms with Crippen LogP contribution in [0.1, 0.15) is 0 Å². The second-order valence-electron chi connectivity index (χ2n) is 11.0. The molecule has 0 aliphatic carbocycles. The predicted molar refractivity (Wildman–Crippen MR) is 240 cm³/mol. The Kier molecular flexibility index (Phi) is 26.1. The van der Waals surface area contributed by atoms with Gasteiger partial charge in [-0.2, -0.15) is 0 Å². The minimum Gasteiger partial charge on any atom is -0.361 e. The number of nitrogens with zero attached hydrogens (tertiary/aromatic N) is 5. The number of hydrogen-bond donors (Lipinski definition) is 3. The van der Waals surface area contributed by atoms with Crippen molar-refractivity contribution in [2.75, 3.05) is 26.2 Å². The fourth-order valence-corrected chi connectivity index (χ4v) is 4.85. The first-order chi connectivity index (χ1) is 25.5. The Morgan fingerprint density at radius 2 is 0.643 bits per heavy atom. The highest BCUT2D eigenvalue weighted by Gasteiger charge is 2.16. The number of rotatable bonds is 4. The molecule has 0 spiro atoms. The summed E-state index contributed by atoms with van der Waals surface area (Å²) in [6.07, 6.45) is 7.23. The molecule has 0 unspecified atom stereocenters. The molecule has 4 heterocycles. The molecule has 0 aliphatic rings. The van der Waals surface area contributed by atoms with Gasteiger partial charge in [0.05, 0.1) is 22.1 Å². The molecule has 0 aliphatic heterocycles. The molecule has 56 heavy (non-hydrogen) atoms. The predicted octanol–water partition coefficient (Wildman–Crippen LogP) is 7.84. The van der Waals surface area contributed by atoms with Gasteiger partial charge in [-0.3, -0.25) is 29.5 Å². The molecule has 14 heteroatoms. The number of carbonyl (C=O) groups excluding carboxylic acids is 2. The quantitative estimate of drug-likeness (QED) is 0.151. The van der Waals surface area contributed by atoms with Crippen molar-refractivity contribution in [3.63, 3.8) is 0 Å². The maximum atomic E-state index is 11.0. The Balaban J connectivity index is 0.000000664. The summed E-state index contributed by atoms with van der Waals surface area (Å²) >= 11 is 0. The summed E-state index contributed by atoms with van der Waals surface area (Å²) in [6, 6.07) is 48.3. The number of nitrogens with two attached hydrogens (primary N) is 3. The van der Waals surface area contributed by atoms with E-state index in [0.717, 1.165) is 22.1 Å². The molecular formula is C42H46Cl4N8O2. The summed E-state index contributed by atoms with van der Waals surface area (Å²) in [7, 11) is 0. The average molecular weight is 837 g/mol. The molecule has 0 saturated heterocycles. The number of para-hydroxylation sites is 4. The lowest BCUT2D eigenvalue weighted by Crippen LogP contribution is -2.44. The maximum Gasteiger partial charge on any atom is 0.311 e. The third kappa shape index (κ3) is 16.9. The highest BCUT2D eigenvalue weighted by atomic mass is 35.5. The van der Waals surface area contributed by atoms with E-state index >= 15 is 0 Å². The minimum atomic E-state index is -0.975. The number of pyridine rings is 4. The van der Waals surface area contributed by atoms with Gasteiger partial charge in [-0.25, -0.2) is 0 Å². The maximum absolute atomic E-state index is 11.0.